The number of nitrogens with one attached hydrogen (secondary N) is 1. The summed E-state index contributed by atoms with van der Waals surface area (Å²) in [7, 11) is 1.75. The normalized spacial score (nSPS) is 16.9. The molecule has 0 aliphatic carbocycles. The third-order valence-corrected chi connectivity index (χ3v) is 3.99. The van der Waals surface area contributed by atoms with Crippen LogP contribution in [0.4, 0.5) is 5.95 Å². The number of anilines is 1. The molecular formula is C15H28N4O. The number of methoxy groups -OCH3 is 1. The van der Waals surface area contributed by atoms with E-state index in [2.05, 4.69) is 34.8 Å². The number of aryl methyl sites for hydroxylation is 1. The Balaban J connectivity index is 1.92. The first-order valence-corrected chi connectivity index (χ1v) is 7.73. The molecule has 1 aromatic heterocycles. The van der Waals surface area contributed by atoms with Crippen molar-refractivity contribution in [3.05, 3.63) is 11.9 Å². The van der Waals surface area contributed by atoms with Gasteiger partial charge in [0.25, 0.3) is 0 Å². The van der Waals surface area contributed by atoms with E-state index in [-0.39, 0.29) is 0 Å². The molecule has 0 amide bonds. The van der Waals surface area contributed by atoms with Gasteiger partial charge in [0.2, 0.25) is 5.95 Å². The highest BCUT2D eigenvalue weighted by Crippen LogP contribution is 2.22. The summed E-state index contributed by atoms with van der Waals surface area (Å²) >= 11 is 0. The van der Waals surface area contributed by atoms with Gasteiger partial charge in [-0.05, 0) is 38.8 Å². The first-order valence-electron chi connectivity index (χ1n) is 7.73. The van der Waals surface area contributed by atoms with Gasteiger partial charge in [0.1, 0.15) is 0 Å². The molecule has 1 aliphatic heterocycles. The lowest BCUT2D eigenvalue weighted by molar-refractivity contribution is 0.187. The van der Waals surface area contributed by atoms with Crippen molar-refractivity contribution in [1.29, 1.82) is 0 Å². The van der Waals surface area contributed by atoms with Crippen LogP contribution in [0.1, 0.15) is 25.5 Å². The summed E-state index contributed by atoms with van der Waals surface area (Å²) in [5.74, 6) is 1.93. The number of rotatable bonds is 7. The summed E-state index contributed by atoms with van der Waals surface area (Å²) in [4.78, 5) is 7.11. The molecule has 5 nitrogen and oxygen atoms in total. The number of imidazole rings is 1. The maximum Gasteiger partial charge on any atom is 0.205 e. The molecule has 1 N–H and O–H groups in total. The van der Waals surface area contributed by atoms with E-state index in [0.717, 1.165) is 56.9 Å². The Morgan fingerprint density at radius 1 is 1.40 bits per heavy atom. The van der Waals surface area contributed by atoms with Crippen LogP contribution in [-0.4, -0.2) is 49.4 Å². The van der Waals surface area contributed by atoms with Gasteiger partial charge in [0, 0.05) is 32.9 Å². The van der Waals surface area contributed by atoms with Gasteiger partial charge in [-0.3, -0.25) is 0 Å². The first-order chi connectivity index (χ1) is 9.74. The van der Waals surface area contributed by atoms with Crippen LogP contribution in [0.25, 0.3) is 0 Å². The minimum atomic E-state index is 0.736. The number of ether oxygens (including phenoxy) is 1. The topological polar surface area (TPSA) is 42.3 Å². The SMILES string of the molecule is CCNCC1CCN(c2nc(C)cn2CCOC)CC1. The van der Waals surface area contributed by atoms with Crippen molar-refractivity contribution in [1.82, 2.24) is 14.9 Å². The Morgan fingerprint density at radius 2 is 2.15 bits per heavy atom. The van der Waals surface area contributed by atoms with Gasteiger partial charge >= 0.3 is 0 Å². The largest absolute Gasteiger partial charge is 0.383 e. The van der Waals surface area contributed by atoms with Gasteiger partial charge < -0.3 is 19.5 Å². The highest BCUT2D eigenvalue weighted by Gasteiger charge is 2.22. The van der Waals surface area contributed by atoms with Crippen molar-refractivity contribution in [2.24, 2.45) is 5.92 Å². The van der Waals surface area contributed by atoms with Crippen LogP contribution in [0, 0.1) is 12.8 Å². The molecule has 2 heterocycles. The highest BCUT2D eigenvalue weighted by atomic mass is 16.5. The molecule has 0 aromatic carbocycles. The highest BCUT2D eigenvalue weighted by molar-refractivity contribution is 5.34. The van der Waals surface area contributed by atoms with Crippen molar-refractivity contribution in [2.45, 2.75) is 33.2 Å². The van der Waals surface area contributed by atoms with Crippen molar-refractivity contribution in [3.8, 4) is 0 Å². The number of aromatic nitrogens is 2. The molecule has 20 heavy (non-hydrogen) atoms. The van der Waals surface area contributed by atoms with Crippen LogP contribution in [0.2, 0.25) is 0 Å². The zero-order chi connectivity index (χ0) is 14.4. The van der Waals surface area contributed by atoms with Gasteiger partial charge in [-0.15, -0.1) is 0 Å². The smallest absolute Gasteiger partial charge is 0.205 e. The fourth-order valence-electron chi connectivity index (χ4n) is 2.83. The summed E-state index contributed by atoms with van der Waals surface area (Å²) in [5, 5.41) is 3.46. The molecule has 0 bridgehead atoms. The lowest BCUT2D eigenvalue weighted by Crippen LogP contribution is -2.38. The van der Waals surface area contributed by atoms with Crippen LogP contribution in [0.15, 0.2) is 6.20 Å². The second kappa shape index (κ2) is 7.64. The first kappa shape index (κ1) is 15.3. The van der Waals surface area contributed by atoms with E-state index in [1.54, 1.807) is 7.11 Å². The Hall–Kier alpha value is -1.07. The maximum absolute atomic E-state index is 5.18. The predicted molar refractivity (Wildman–Crippen MR) is 82.3 cm³/mol. The average Bonchev–Trinajstić information content (AvgIpc) is 2.84. The number of nitrogens with zero attached hydrogens (tertiary/aromatic N) is 3. The molecule has 1 saturated heterocycles. The molecule has 0 unspecified atom stereocenters. The number of hydrogen-bond acceptors (Lipinski definition) is 4. The third-order valence-electron chi connectivity index (χ3n) is 3.99. The summed E-state index contributed by atoms with van der Waals surface area (Å²) in [6.45, 7) is 10.3. The lowest BCUT2D eigenvalue weighted by atomic mass is 9.97. The van der Waals surface area contributed by atoms with E-state index in [0.29, 0.717) is 0 Å². The van der Waals surface area contributed by atoms with Crippen molar-refractivity contribution in [2.75, 3.05) is 44.8 Å². The van der Waals surface area contributed by atoms with E-state index >= 15 is 0 Å². The summed E-state index contributed by atoms with van der Waals surface area (Å²) in [6.07, 6.45) is 4.63. The van der Waals surface area contributed by atoms with Gasteiger partial charge in [-0.1, -0.05) is 6.92 Å². The lowest BCUT2D eigenvalue weighted by Gasteiger charge is -2.33. The number of piperidine rings is 1. The van der Waals surface area contributed by atoms with Crippen molar-refractivity contribution < 1.29 is 4.74 Å². The minimum Gasteiger partial charge on any atom is -0.383 e. The minimum absolute atomic E-state index is 0.736. The van der Waals surface area contributed by atoms with Gasteiger partial charge in [0.05, 0.1) is 12.3 Å². The molecule has 1 aromatic rings. The van der Waals surface area contributed by atoms with Crippen LogP contribution < -0.4 is 10.2 Å². The molecule has 0 radical (unpaired) electrons. The standard InChI is InChI=1S/C15H28N4O/c1-4-16-11-14-5-7-18(8-6-14)15-17-13(2)12-19(15)9-10-20-3/h12,14,16H,4-11H2,1-3H3. The van der Waals surface area contributed by atoms with E-state index in [9.17, 15) is 0 Å². The Labute approximate surface area is 122 Å². The molecule has 0 saturated carbocycles. The quantitative estimate of drug-likeness (QED) is 0.825. The monoisotopic (exact) mass is 280 g/mol. The average molecular weight is 280 g/mol. The van der Waals surface area contributed by atoms with Crippen molar-refractivity contribution >= 4 is 5.95 Å². The summed E-state index contributed by atoms with van der Waals surface area (Å²) in [6, 6.07) is 0. The summed E-state index contributed by atoms with van der Waals surface area (Å²) in [5.41, 5.74) is 1.09. The second-order valence-corrected chi connectivity index (χ2v) is 5.61. The summed E-state index contributed by atoms with van der Waals surface area (Å²) < 4.78 is 7.41. The van der Waals surface area contributed by atoms with E-state index in [1.165, 1.54) is 12.8 Å². The fourth-order valence-corrected chi connectivity index (χ4v) is 2.83. The zero-order valence-corrected chi connectivity index (χ0v) is 13.1. The van der Waals surface area contributed by atoms with E-state index < -0.39 is 0 Å². The molecule has 1 aliphatic rings. The predicted octanol–water partition coefficient (Wildman–Crippen LogP) is 1.66. The van der Waals surface area contributed by atoms with E-state index in [1.807, 2.05) is 0 Å². The second-order valence-electron chi connectivity index (χ2n) is 5.61. The molecule has 5 heteroatoms. The molecule has 114 valence electrons. The van der Waals surface area contributed by atoms with Crippen LogP contribution in [0.3, 0.4) is 0 Å². The van der Waals surface area contributed by atoms with Crippen LogP contribution in [0.5, 0.6) is 0 Å². The molecular weight excluding hydrogens is 252 g/mol. The Morgan fingerprint density at radius 3 is 2.80 bits per heavy atom. The van der Waals surface area contributed by atoms with Crippen LogP contribution in [-0.2, 0) is 11.3 Å². The van der Waals surface area contributed by atoms with Gasteiger partial charge in [-0.25, -0.2) is 4.98 Å². The molecule has 0 atom stereocenters. The zero-order valence-electron chi connectivity index (χ0n) is 13.1. The Bertz CT molecular complexity index is 397. The molecule has 0 spiro atoms. The van der Waals surface area contributed by atoms with E-state index in [4.69, 9.17) is 9.72 Å². The Kier molecular flexibility index (Phi) is 5.86. The third kappa shape index (κ3) is 3.96. The van der Waals surface area contributed by atoms with Crippen molar-refractivity contribution in [3.63, 3.8) is 0 Å². The van der Waals surface area contributed by atoms with Gasteiger partial charge in [-0.2, -0.15) is 0 Å². The number of hydrogen-bond donors (Lipinski definition) is 1. The van der Waals surface area contributed by atoms with Gasteiger partial charge in [0.15, 0.2) is 0 Å². The van der Waals surface area contributed by atoms with Crippen LogP contribution >= 0.6 is 0 Å². The molecule has 2 rings (SSSR count). The molecule has 1 fully saturated rings. The fraction of sp³-hybridized carbons (Fsp3) is 0.800. The maximum atomic E-state index is 5.18.